The van der Waals surface area contributed by atoms with Gasteiger partial charge in [0.25, 0.3) is 0 Å². The molecule has 0 aliphatic rings. The molecule has 3 nitrogen and oxygen atoms in total. The number of hydrogen-bond donors (Lipinski definition) is 2. The van der Waals surface area contributed by atoms with Crippen LogP contribution >= 0.6 is 11.8 Å². The van der Waals surface area contributed by atoms with Crippen LogP contribution in [0.3, 0.4) is 0 Å². The number of carbonyl (C=O) groups excluding carboxylic acids is 1. The van der Waals surface area contributed by atoms with E-state index in [0.29, 0.717) is 12.1 Å². The molecule has 0 aliphatic carbocycles. The Balaban J connectivity index is 2.57. The maximum atomic E-state index is 13.0. The third-order valence-corrected chi connectivity index (χ3v) is 3.05. The van der Waals surface area contributed by atoms with E-state index in [2.05, 4.69) is 5.32 Å². The molecule has 94 valence electrons. The summed E-state index contributed by atoms with van der Waals surface area (Å²) in [6.07, 6.45) is 3.57. The summed E-state index contributed by atoms with van der Waals surface area (Å²) in [5.41, 5.74) is 5.88. The van der Waals surface area contributed by atoms with Crippen molar-refractivity contribution in [3.05, 3.63) is 30.1 Å². The van der Waals surface area contributed by atoms with Gasteiger partial charge in [0.1, 0.15) is 11.9 Å². The van der Waals surface area contributed by atoms with Crippen molar-refractivity contribution in [3.63, 3.8) is 0 Å². The van der Waals surface area contributed by atoms with Crippen LogP contribution in [-0.4, -0.2) is 24.0 Å². The third kappa shape index (κ3) is 5.08. The number of benzene rings is 1. The number of primary amides is 1. The first-order valence-corrected chi connectivity index (χ1v) is 6.83. The number of thioether (sulfide) groups is 1. The number of halogens is 1. The highest BCUT2D eigenvalue weighted by Crippen LogP contribution is 2.13. The number of nitrogens with one attached hydrogen (secondary N) is 1. The van der Waals surface area contributed by atoms with Gasteiger partial charge in [-0.3, -0.25) is 4.79 Å². The molecule has 1 aromatic carbocycles. The molecule has 3 N–H and O–H groups in total. The molecule has 0 bridgehead atoms. The topological polar surface area (TPSA) is 55.1 Å². The first-order chi connectivity index (χ1) is 8.13. The highest BCUT2D eigenvalue weighted by molar-refractivity contribution is 7.98. The molecule has 0 heterocycles. The summed E-state index contributed by atoms with van der Waals surface area (Å²) in [5.74, 6) is 0.243. The summed E-state index contributed by atoms with van der Waals surface area (Å²) < 4.78 is 13.0. The van der Waals surface area contributed by atoms with Gasteiger partial charge in [-0.15, -0.1) is 0 Å². The lowest BCUT2D eigenvalue weighted by Crippen LogP contribution is -2.35. The Hall–Kier alpha value is -1.23. The van der Waals surface area contributed by atoms with Gasteiger partial charge in [0.2, 0.25) is 5.91 Å². The van der Waals surface area contributed by atoms with Gasteiger partial charge in [-0.1, -0.05) is 6.07 Å². The molecule has 1 aromatic rings. The maximum Gasteiger partial charge on any atom is 0.239 e. The van der Waals surface area contributed by atoms with E-state index in [-0.39, 0.29) is 5.82 Å². The first-order valence-electron chi connectivity index (χ1n) is 5.44. The molecule has 1 unspecified atom stereocenters. The Kier molecular flexibility index (Phi) is 5.83. The van der Waals surface area contributed by atoms with Gasteiger partial charge in [0, 0.05) is 5.69 Å². The normalized spacial score (nSPS) is 12.1. The fourth-order valence-electron chi connectivity index (χ4n) is 1.50. The van der Waals surface area contributed by atoms with E-state index in [1.807, 2.05) is 6.26 Å². The highest BCUT2D eigenvalue weighted by atomic mass is 32.2. The number of anilines is 1. The van der Waals surface area contributed by atoms with Crippen LogP contribution in [0, 0.1) is 5.82 Å². The van der Waals surface area contributed by atoms with Crippen LogP contribution in [0.25, 0.3) is 0 Å². The van der Waals surface area contributed by atoms with E-state index in [9.17, 15) is 9.18 Å². The van der Waals surface area contributed by atoms with Crippen molar-refractivity contribution in [1.82, 2.24) is 0 Å². The first kappa shape index (κ1) is 13.8. The molecule has 1 amide bonds. The molecule has 1 rings (SSSR count). The van der Waals surface area contributed by atoms with Crippen molar-refractivity contribution >= 4 is 23.4 Å². The van der Waals surface area contributed by atoms with E-state index in [0.717, 1.165) is 12.2 Å². The molecule has 0 saturated carbocycles. The van der Waals surface area contributed by atoms with Gasteiger partial charge in [-0.05, 0) is 43.0 Å². The van der Waals surface area contributed by atoms with Crippen molar-refractivity contribution in [1.29, 1.82) is 0 Å². The highest BCUT2D eigenvalue weighted by Gasteiger charge is 2.14. The van der Waals surface area contributed by atoms with Gasteiger partial charge in [-0.25, -0.2) is 4.39 Å². The monoisotopic (exact) mass is 256 g/mol. The minimum atomic E-state index is -0.441. The molecule has 17 heavy (non-hydrogen) atoms. The zero-order chi connectivity index (χ0) is 12.7. The van der Waals surface area contributed by atoms with E-state index < -0.39 is 11.9 Å². The molecule has 0 saturated heterocycles. The van der Waals surface area contributed by atoms with Crippen LogP contribution in [0.15, 0.2) is 24.3 Å². The molecule has 0 aliphatic heterocycles. The Morgan fingerprint density at radius 1 is 1.59 bits per heavy atom. The van der Waals surface area contributed by atoms with Crippen molar-refractivity contribution in [2.75, 3.05) is 17.3 Å². The van der Waals surface area contributed by atoms with Gasteiger partial charge in [-0.2, -0.15) is 11.8 Å². The molecule has 1 atom stereocenters. The van der Waals surface area contributed by atoms with Gasteiger partial charge in [0.05, 0.1) is 0 Å². The fraction of sp³-hybridized carbons (Fsp3) is 0.417. The maximum absolute atomic E-state index is 13.0. The van der Waals surface area contributed by atoms with E-state index in [1.165, 1.54) is 12.1 Å². The largest absolute Gasteiger partial charge is 0.374 e. The molecule has 0 spiro atoms. The molecule has 0 aromatic heterocycles. The van der Waals surface area contributed by atoms with E-state index in [4.69, 9.17) is 5.73 Å². The van der Waals surface area contributed by atoms with Crippen molar-refractivity contribution in [2.24, 2.45) is 5.73 Å². The summed E-state index contributed by atoms with van der Waals surface area (Å²) in [6, 6.07) is 5.58. The Morgan fingerprint density at radius 3 is 2.94 bits per heavy atom. The van der Waals surface area contributed by atoms with Crippen LogP contribution in [0.4, 0.5) is 10.1 Å². The van der Waals surface area contributed by atoms with Crippen LogP contribution in [0.1, 0.15) is 12.8 Å². The Bertz CT molecular complexity index is 373. The predicted octanol–water partition coefficient (Wildman–Crippen LogP) is 2.23. The lowest BCUT2D eigenvalue weighted by atomic mass is 10.1. The van der Waals surface area contributed by atoms with Crippen LogP contribution in [-0.2, 0) is 4.79 Å². The summed E-state index contributed by atoms with van der Waals surface area (Å²) >= 11 is 1.72. The van der Waals surface area contributed by atoms with Crippen LogP contribution in [0.2, 0.25) is 0 Å². The van der Waals surface area contributed by atoms with Gasteiger partial charge >= 0.3 is 0 Å². The Morgan fingerprint density at radius 2 is 2.35 bits per heavy atom. The predicted molar refractivity (Wildman–Crippen MR) is 70.6 cm³/mol. The minimum Gasteiger partial charge on any atom is -0.374 e. The average Bonchev–Trinajstić information content (AvgIpc) is 2.28. The minimum absolute atomic E-state index is 0.331. The lowest BCUT2D eigenvalue weighted by Gasteiger charge is -2.16. The van der Waals surface area contributed by atoms with E-state index in [1.54, 1.807) is 23.9 Å². The van der Waals surface area contributed by atoms with Gasteiger partial charge in [0.15, 0.2) is 0 Å². The zero-order valence-electron chi connectivity index (χ0n) is 9.78. The number of carbonyl (C=O) groups is 1. The second-order valence-electron chi connectivity index (χ2n) is 3.74. The van der Waals surface area contributed by atoms with Crippen molar-refractivity contribution in [3.8, 4) is 0 Å². The molecule has 5 heteroatoms. The Labute approximate surface area is 105 Å². The second kappa shape index (κ2) is 7.17. The van der Waals surface area contributed by atoms with Crippen LogP contribution < -0.4 is 11.1 Å². The summed E-state index contributed by atoms with van der Waals surface area (Å²) in [4.78, 5) is 11.2. The molecule has 0 radical (unpaired) electrons. The average molecular weight is 256 g/mol. The summed E-state index contributed by atoms with van der Waals surface area (Å²) in [7, 11) is 0. The molecular weight excluding hydrogens is 239 g/mol. The number of rotatable bonds is 7. The number of amides is 1. The molecular formula is C12H17FN2OS. The summed E-state index contributed by atoms with van der Waals surface area (Å²) in [6.45, 7) is 0. The quantitative estimate of drug-likeness (QED) is 0.736. The standard InChI is InChI=1S/C12H17FN2OS/c1-17-7-3-6-11(12(14)16)15-10-5-2-4-9(13)8-10/h2,4-5,8,11,15H,3,6-7H2,1H3,(H2,14,16). The number of hydrogen-bond acceptors (Lipinski definition) is 3. The van der Waals surface area contributed by atoms with Crippen molar-refractivity contribution < 1.29 is 9.18 Å². The number of nitrogens with two attached hydrogens (primary N) is 1. The smallest absolute Gasteiger partial charge is 0.239 e. The van der Waals surface area contributed by atoms with E-state index >= 15 is 0 Å². The lowest BCUT2D eigenvalue weighted by molar-refractivity contribution is -0.118. The van der Waals surface area contributed by atoms with Crippen LogP contribution in [0.5, 0.6) is 0 Å². The third-order valence-electron chi connectivity index (χ3n) is 2.35. The summed E-state index contributed by atoms with van der Waals surface area (Å²) in [5, 5.41) is 2.95. The molecule has 0 fully saturated rings. The zero-order valence-corrected chi connectivity index (χ0v) is 10.6. The van der Waals surface area contributed by atoms with Crippen molar-refractivity contribution in [2.45, 2.75) is 18.9 Å². The SMILES string of the molecule is CSCCCC(Nc1cccc(F)c1)C(N)=O. The van der Waals surface area contributed by atoms with Gasteiger partial charge < -0.3 is 11.1 Å². The fourth-order valence-corrected chi connectivity index (χ4v) is 1.95. The second-order valence-corrected chi connectivity index (χ2v) is 4.73.